The summed E-state index contributed by atoms with van der Waals surface area (Å²) in [5, 5.41) is 2.87. The van der Waals surface area contributed by atoms with Crippen molar-refractivity contribution in [3.63, 3.8) is 0 Å². The monoisotopic (exact) mass is 433 g/mol. The highest BCUT2D eigenvalue weighted by Crippen LogP contribution is 2.13. The molecule has 1 atom stereocenters. The molecular weight excluding hydrogens is 406 g/mol. The summed E-state index contributed by atoms with van der Waals surface area (Å²) in [5.74, 6) is -0.272. The molecule has 3 rings (SSSR count). The van der Waals surface area contributed by atoms with E-state index in [1.807, 2.05) is 17.0 Å². The highest BCUT2D eigenvalue weighted by molar-refractivity contribution is 7.89. The lowest BCUT2D eigenvalue weighted by Gasteiger charge is -2.31. The Morgan fingerprint density at radius 3 is 2.63 bits per heavy atom. The molecule has 0 bridgehead atoms. The summed E-state index contributed by atoms with van der Waals surface area (Å²) >= 11 is 0. The number of benzene rings is 2. The minimum absolute atomic E-state index is 0.0195. The van der Waals surface area contributed by atoms with Crippen molar-refractivity contribution in [3.8, 4) is 0 Å². The Labute approximate surface area is 177 Å². The molecule has 2 N–H and O–H groups in total. The molecule has 0 aromatic heterocycles. The molecule has 0 aliphatic carbocycles. The van der Waals surface area contributed by atoms with Gasteiger partial charge in [0.25, 0.3) is 15.9 Å². The maximum absolute atomic E-state index is 12.4. The van der Waals surface area contributed by atoms with E-state index in [1.54, 1.807) is 0 Å². The molecule has 1 unspecified atom stereocenters. The maximum atomic E-state index is 12.4. The molecule has 1 aliphatic rings. The summed E-state index contributed by atoms with van der Waals surface area (Å²) in [6.45, 7) is 5.88. The normalized spacial score (nSPS) is 17.6. The standard InChI is InChI=1S/C21H27N3O5S/c1-16-14-24(10-11-29-16)15-18-5-3-4-17(12-18)13-22-21(25)19-6-8-20(9-7-19)30(26,27)23-28-2/h3-9,12,16,23H,10-11,13-15H2,1-2H3,(H,22,25). The summed E-state index contributed by atoms with van der Waals surface area (Å²) in [6.07, 6.45) is 0.243. The lowest BCUT2D eigenvalue weighted by molar-refractivity contribution is -0.0212. The highest BCUT2D eigenvalue weighted by Gasteiger charge is 2.17. The smallest absolute Gasteiger partial charge is 0.262 e. The van der Waals surface area contributed by atoms with Crippen molar-refractivity contribution in [3.05, 3.63) is 65.2 Å². The SMILES string of the molecule is CONS(=O)(=O)c1ccc(C(=O)NCc2cccc(CN3CCOC(C)C3)c2)cc1. The van der Waals surface area contributed by atoms with Gasteiger partial charge in [-0.15, -0.1) is 0 Å². The van der Waals surface area contributed by atoms with Crippen molar-refractivity contribution in [2.24, 2.45) is 0 Å². The first-order valence-electron chi connectivity index (χ1n) is 9.72. The molecule has 0 spiro atoms. The minimum atomic E-state index is -3.74. The van der Waals surface area contributed by atoms with Crippen LogP contribution < -0.4 is 10.2 Å². The first kappa shape index (κ1) is 22.4. The number of hydrogen-bond acceptors (Lipinski definition) is 6. The molecule has 1 amide bonds. The summed E-state index contributed by atoms with van der Waals surface area (Å²) in [7, 11) is -2.53. The summed E-state index contributed by atoms with van der Waals surface area (Å²) in [6, 6.07) is 13.8. The van der Waals surface area contributed by atoms with Crippen LogP contribution in [0.15, 0.2) is 53.4 Å². The van der Waals surface area contributed by atoms with Gasteiger partial charge in [0, 0.05) is 31.7 Å². The van der Waals surface area contributed by atoms with E-state index < -0.39 is 10.0 Å². The first-order valence-corrected chi connectivity index (χ1v) is 11.2. The van der Waals surface area contributed by atoms with Crippen LogP contribution in [0.25, 0.3) is 0 Å². The molecule has 162 valence electrons. The van der Waals surface area contributed by atoms with Crippen LogP contribution in [0, 0.1) is 0 Å². The molecule has 9 heteroatoms. The van der Waals surface area contributed by atoms with Crippen LogP contribution in [0.2, 0.25) is 0 Å². The zero-order chi connectivity index (χ0) is 21.6. The van der Waals surface area contributed by atoms with Gasteiger partial charge in [0.1, 0.15) is 0 Å². The van der Waals surface area contributed by atoms with E-state index in [2.05, 4.69) is 34.1 Å². The average Bonchev–Trinajstić information content (AvgIpc) is 2.72. The van der Waals surface area contributed by atoms with Gasteiger partial charge >= 0.3 is 0 Å². The van der Waals surface area contributed by atoms with E-state index in [0.29, 0.717) is 12.1 Å². The number of amides is 1. The Morgan fingerprint density at radius 2 is 1.93 bits per heavy atom. The van der Waals surface area contributed by atoms with E-state index in [1.165, 1.54) is 36.9 Å². The van der Waals surface area contributed by atoms with Gasteiger partial charge in [-0.1, -0.05) is 29.2 Å². The molecule has 1 fully saturated rings. The molecule has 2 aromatic carbocycles. The number of carbonyl (C=O) groups excluding carboxylic acids is 1. The van der Waals surface area contributed by atoms with Crippen molar-refractivity contribution in [2.75, 3.05) is 26.8 Å². The summed E-state index contributed by atoms with van der Waals surface area (Å²) in [4.78, 5) is 21.2. The third-order valence-electron chi connectivity index (χ3n) is 4.80. The predicted molar refractivity (Wildman–Crippen MR) is 112 cm³/mol. The van der Waals surface area contributed by atoms with Crippen molar-refractivity contribution in [1.82, 2.24) is 15.1 Å². The fourth-order valence-corrected chi connectivity index (χ4v) is 4.17. The molecule has 1 aliphatic heterocycles. The third-order valence-corrected chi connectivity index (χ3v) is 6.07. The van der Waals surface area contributed by atoms with Crippen LogP contribution in [-0.4, -0.2) is 52.1 Å². The van der Waals surface area contributed by atoms with Gasteiger partial charge in [0.15, 0.2) is 0 Å². The largest absolute Gasteiger partial charge is 0.376 e. The Bertz CT molecular complexity index is 963. The summed E-state index contributed by atoms with van der Waals surface area (Å²) < 4.78 is 29.3. The molecule has 30 heavy (non-hydrogen) atoms. The van der Waals surface area contributed by atoms with Gasteiger partial charge in [-0.2, -0.15) is 0 Å². The number of nitrogens with one attached hydrogen (secondary N) is 2. The van der Waals surface area contributed by atoms with Gasteiger partial charge in [-0.05, 0) is 42.3 Å². The maximum Gasteiger partial charge on any atom is 0.262 e. The zero-order valence-electron chi connectivity index (χ0n) is 17.1. The Kier molecular flexibility index (Phi) is 7.57. The van der Waals surface area contributed by atoms with Crippen molar-refractivity contribution in [1.29, 1.82) is 0 Å². The van der Waals surface area contributed by atoms with Crippen molar-refractivity contribution < 1.29 is 22.8 Å². The number of carbonyl (C=O) groups is 1. The quantitative estimate of drug-likeness (QED) is 0.615. The number of nitrogens with zero attached hydrogens (tertiary/aromatic N) is 1. The highest BCUT2D eigenvalue weighted by atomic mass is 32.2. The number of rotatable bonds is 8. The lowest BCUT2D eigenvalue weighted by atomic mass is 10.1. The molecule has 2 aromatic rings. The molecule has 1 heterocycles. The van der Waals surface area contributed by atoms with E-state index in [4.69, 9.17) is 4.74 Å². The number of morpholine rings is 1. The molecule has 0 radical (unpaired) electrons. The second-order valence-electron chi connectivity index (χ2n) is 7.23. The first-order chi connectivity index (χ1) is 14.4. The van der Waals surface area contributed by atoms with Crippen LogP contribution in [0.4, 0.5) is 0 Å². The topological polar surface area (TPSA) is 97.0 Å². The van der Waals surface area contributed by atoms with Crippen LogP contribution in [0.5, 0.6) is 0 Å². The van der Waals surface area contributed by atoms with E-state index in [-0.39, 0.29) is 16.9 Å². The third kappa shape index (κ3) is 6.10. The summed E-state index contributed by atoms with van der Waals surface area (Å²) in [5.41, 5.74) is 2.58. The Morgan fingerprint density at radius 1 is 1.20 bits per heavy atom. The van der Waals surface area contributed by atoms with Gasteiger partial charge in [-0.3, -0.25) is 14.5 Å². The van der Waals surface area contributed by atoms with E-state index in [0.717, 1.165) is 31.8 Å². The molecule has 0 saturated carbocycles. The van der Waals surface area contributed by atoms with E-state index in [9.17, 15) is 13.2 Å². The van der Waals surface area contributed by atoms with Crippen molar-refractivity contribution in [2.45, 2.75) is 31.0 Å². The average molecular weight is 434 g/mol. The van der Waals surface area contributed by atoms with Crippen molar-refractivity contribution >= 4 is 15.9 Å². The molecular formula is C21H27N3O5S. The minimum Gasteiger partial charge on any atom is -0.376 e. The van der Waals surface area contributed by atoms with Crippen LogP contribution in [0.1, 0.15) is 28.4 Å². The van der Waals surface area contributed by atoms with Gasteiger partial charge in [-0.25, -0.2) is 8.42 Å². The molecule has 1 saturated heterocycles. The number of ether oxygens (including phenoxy) is 1. The number of hydrogen-bond donors (Lipinski definition) is 2. The van der Waals surface area contributed by atoms with Gasteiger partial charge in [0.05, 0.1) is 24.7 Å². The second kappa shape index (κ2) is 10.1. The number of sulfonamides is 1. The Hall–Kier alpha value is -2.30. The van der Waals surface area contributed by atoms with E-state index >= 15 is 0 Å². The lowest BCUT2D eigenvalue weighted by Crippen LogP contribution is -2.40. The van der Waals surface area contributed by atoms with Crippen LogP contribution in [-0.2, 0) is 32.7 Å². The fraction of sp³-hybridized carbons (Fsp3) is 0.381. The zero-order valence-corrected chi connectivity index (χ0v) is 17.9. The Balaban J connectivity index is 1.57. The van der Waals surface area contributed by atoms with Crippen LogP contribution >= 0.6 is 0 Å². The van der Waals surface area contributed by atoms with Gasteiger partial charge in [0.2, 0.25) is 0 Å². The second-order valence-corrected chi connectivity index (χ2v) is 8.88. The predicted octanol–water partition coefficient (Wildman–Crippen LogP) is 1.68. The van der Waals surface area contributed by atoms with Gasteiger partial charge < -0.3 is 10.1 Å². The molecule has 8 nitrogen and oxygen atoms in total. The fourth-order valence-electron chi connectivity index (χ4n) is 3.36. The van der Waals surface area contributed by atoms with Crippen LogP contribution in [0.3, 0.4) is 0 Å².